The van der Waals surface area contributed by atoms with Gasteiger partial charge in [0.15, 0.2) is 0 Å². The first-order valence-electron chi connectivity index (χ1n) is 6.68. The van der Waals surface area contributed by atoms with E-state index in [9.17, 15) is 0 Å². The van der Waals surface area contributed by atoms with E-state index in [1.165, 1.54) is 50.7 Å². The predicted molar refractivity (Wildman–Crippen MR) is 71.7 cm³/mol. The third-order valence-electron chi connectivity index (χ3n) is 3.24. The Hall–Kier alpha value is 0.310. The first-order chi connectivity index (χ1) is 7.33. The van der Waals surface area contributed by atoms with Gasteiger partial charge in [-0.1, -0.05) is 26.2 Å². The summed E-state index contributed by atoms with van der Waals surface area (Å²) < 4.78 is 0. The molecule has 0 aliphatic heterocycles. The summed E-state index contributed by atoms with van der Waals surface area (Å²) in [5.41, 5.74) is 0. The van der Waals surface area contributed by atoms with Gasteiger partial charge >= 0.3 is 0 Å². The Bertz CT molecular complexity index is 143. The molecule has 90 valence electrons. The zero-order chi connectivity index (χ0) is 10.9. The highest BCUT2D eigenvalue weighted by Crippen LogP contribution is 2.29. The van der Waals surface area contributed by atoms with Crippen LogP contribution < -0.4 is 5.32 Å². The highest BCUT2D eigenvalue weighted by molar-refractivity contribution is 7.99. The molecule has 0 aromatic rings. The van der Waals surface area contributed by atoms with Crippen molar-refractivity contribution in [2.24, 2.45) is 0 Å². The Labute approximate surface area is 99.8 Å². The summed E-state index contributed by atoms with van der Waals surface area (Å²) in [6, 6.07) is 0.714. The average molecular weight is 229 g/mol. The van der Waals surface area contributed by atoms with Crippen molar-refractivity contribution in [3.8, 4) is 0 Å². The van der Waals surface area contributed by atoms with E-state index in [0.29, 0.717) is 6.04 Å². The molecule has 0 amide bonds. The smallest absolute Gasteiger partial charge is 0.00470 e. The molecule has 0 heterocycles. The Morgan fingerprint density at radius 1 is 1.27 bits per heavy atom. The quantitative estimate of drug-likeness (QED) is 0.635. The molecule has 0 saturated heterocycles. The summed E-state index contributed by atoms with van der Waals surface area (Å²) in [6.45, 7) is 5.60. The van der Waals surface area contributed by atoms with Gasteiger partial charge in [0.1, 0.15) is 0 Å². The van der Waals surface area contributed by atoms with Crippen LogP contribution in [0.5, 0.6) is 0 Å². The molecule has 0 aromatic carbocycles. The van der Waals surface area contributed by atoms with Crippen molar-refractivity contribution in [3.63, 3.8) is 0 Å². The van der Waals surface area contributed by atoms with Crippen molar-refractivity contribution < 1.29 is 0 Å². The highest BCUT2D eigenvalue weighted by atomic mass is 32.2. The largest absolute Gasteiger partial charge is 0.315 e. The molecule has 1 fully saturated rings. The summed E-state index contributed by atoms with van der Waals surface area (Å²) in [5, 5.41) is 4.48. The molecule has 1 unspecified atom stereocenters. The third-order valence-corrected chi connectivity index (χ3v) is 4.71. The van der Waals surface area contributed by atoms with Crippen LogP contribution in [0, 0.1) is 0 Å². The minimum Gasteiger partial charge on any atom is -0.315 e. The molecule has 1 atom stereocenters. The lowest BCUT2D eigenvalue weighted by Gasteiger charge is -2.12. The zero-order valence-corrected chi connectivity index (χ0v) is 11.2. The standard InChI is InChI=1S/C13H27NS/c1-3-14-12(2)8-6-7-11-15-13-9-4-5-10-13/h12-14H,3-11H2,1-2H3. The van der Waals surface area contributed by atoms with Crippen molar-refractivity contribution in [2.45, 2.75) is 70.1 Å². The topological polar surface area (TPSA) is 12.0 Å². The van der Waals surface area contributed by atoms with Crippen molar-refractivity contribution in [1.29, 1.82) is 0 Å². The lowest BCUT2D eigenvalue weighted by atomic mass is 10.1. The van der Waals surface area contributed by atoms with Crippen LogP contribution >= 0.6 is 11.8 Å². The Kier molecular flexibility index (Phi) is 7.54. The maximum Gasteiger partial charge on any atom is 0.00470 e. The molecule has 1 aliphatic carbocycles. The van der Waals surface area contributed by atoms with Crippen LogP contribution in [0.25, 0.3) is 0 Å². The number of thioether (sulfide) groups is 1. The van der Waals surface area contributed by atoms with E-state index in [2.05, 4.69) is 30.9 Å². The van der Waals surface area contributed by atoms with Gasteiger partial charge in [-0.05, 0) is 44.9 Å². The zero-order valence-electron chi connectivity index (χ0n) is 10.4. The van der Waals surface area contributed by atoms with Crippen LogP contribution in [0.1, 0.15) is 58.8 Å². The second kappa shape index (κ2) is 8.46. The fourth-order valence-corrected chi connectivity index (χ4v) is 3.68. The molecule has 0 aromatic heterocycles. The van der Waals surface area contributed by atoms with Gasteiger partial charge in [0.05, 0.1) is 0 Å². The fraction of sp³-hybridized carbons (Fsp3) is 1.00. The van der Waals surface area contributed by atoms with Crippen LogP contribution in [-0.4, -0.2) is 23.6 Å². The predicted octanol–water partition coefficient (Wildman–Crippen LogP) is 3.83. The first-order valence-corrected chi connectivity index (χ1v) is 7.72. The van der Waals surface area contributed by atoms with Crippen molar-refractivity contribution in [1.82, 2.24) is 5.32 Å². The number of nitrogens with one attached hydrogen (secondary N) is 1. The van der Waals surface area contributed by atoms with Gasteiger partial charge < -0.3 is 5.32 Å². The van der Waals surface area contributed by atoms with Gasteiger partial charge in [0.25, 0.3) is 0 Å². The monoisotopic (exact) mass is 229 g/mol. The van der Waals surface area contributed by atoms with Gasteiger partial charge in [-0.3, -0.25) is 0 Å². The van der Waals surface area contributed by atoms with Crippen LogP contribution in [0.15, 0.2) is 0 Å². The molecule has 1 aliphatic rings. The second-order valence-corrected chi connectivity index (χ2v) is 6.14. The Balaban J connectivity index is 1.84. The average Bonchev–Trinajstić information content (AvgIpc) is 2.70. The molecule has 2 heteroatoms. The second-order valence-electron chi connectivity index (χ2n) is 4.73. The molecule has 1 saturated carbocycles. The fourth-order valence-electron chi connectivity index (χ4n) is 2.31. The van der Waals surface area contributed by atoms with E-state index in [-0.39, 0.29) is 0 Å². The van der Waals surface area contributed by atoms with Crippen LogP contribution in [0.2, 0.25) is 0 Å². The molecule has 0 bridgehead atoms. The van der Waals surface area contributed by atoms with E-state index < -0.39 is 0 Å². The Morgan fingerprint density at radius 2 is 2.00 bits per heavy atom. The third kappa shape index (κ3) is 6.47. The summed E-state index contributed by atoms with van der Waals surface area (Å²) >= 11 is 2.23. The minimum absolute atomic E-state index is 0.714. The lowest BCUT2D eigenvalue weighted by Crippen LogP contribution is -2.25. The first kappa shape index (κ1) is 13.4. The summed E-state index contributed by atoms with van der Waals surface area (Å²) in [7, 11) is 0. The summed E-state index contributed by atoms with van der Waals surface area (Å²) in [4.78, 5) is 0. The van der Waals surface area contributed by atoms with Crippen LogP contribution in [-0.2, 0) is 0 Å². The van der Waals surface area contributed by atoms with Gasteiger partial charge in [-0.15, -0.1) is 0 Å². The van der Waals surface area contributed by atoms with Crippen molar-refractivity contribution >= 4 is 11.8 Å². The Morgan fingerprint density at radius 3 is 2.67 bits per heavy atom. The van der Waals surface area contributed by atoms with Crippen LogP contribution in [0.3, 0.4) is 0 Å². The normalized spacial score (nSPS) is 19.6. The van der Waals surface area contributed by atoms with Gasteiger partial charge in [-0.25, -0.2) is 0 Å². The minimum atomic E-state index is 0.714. The number of rotatable bonds is 8. The number of hydrogen-bond donors (Lipinski definition) is 1. The van der Waals surface area contributed by atoms with E-state index in [0.717, 1.165) is 11.8 Å². The molecule has 1 N–H and O–H groups in total. The molecular formula is C13H27NS. The molecule has 1 nitrogen and oxygen atoms in total. The number of unbranched alkanes of at least 4 members (excludes halogenated alkanes) is 1. The number of hydrogen-bond acceptors (Lipinski definition) is 2. The van der Waals surface area contributed by atoms with Crippen LogP contribution in [0.4, 0.5) is 0 Å². The van der Waals surface area contributed by atoms with Gasteiger partial charge in [0.2, 0.25) is 0 Å². The maximum atomic E-state index is 3.47. The molecule has 0 radical (unpaired) electrons. The van der Waals surface area contributed by atoms with Gasteiger partial charge in [0, 0.05) is 11.3 Å². The highest BCUT2D eigenvalue weighted by Gasteiger charge is 2.14. The van der Waals surface area contributed by atoms with E-state index >= 15 is 0 Å². The molecule has 1 rings (SSSR count). The van der Waals surface area contributed by atoms with E-state index in [1.54, 1.807) is 0 Å². The summed E-state index contributed by atoms with van der Waals surface area (Å²) in [5.74, 6) is 1.39. The molecular weight excluding hydrogens is 202 g/mol. The van der Waals surface area contributed by atoms with E-state index in [4.69, 9.17) is 0 Å². The van der Waals surface area contributed by atoms with Crippen molar-refractivity contribution in [2.75, 3.05) is 12.3 Å². The summed E-state index contributed by atoms with van der Waals surface area (Å²) in [6.07, 6.45) is 10.1. The van der Waals surface area contributed by atoms with Crippen molar-refractivity contribution in [3.05, 3.63) is 0 Å². The van der Waals surface area contributed by atoms with E-state index in [1.807, 2.05) is 0 Å². The lowest BCUT2D eigenvalue weighted by molar-refractivity contribution is 0.510. The molecule has 0 spiro atoms. The maximum absolute atomic E-state index is 3.47. The SMILES string of the molecule is CCNC(C)CCCCSC1CCCC1. The molecule has 15 heavy (non-hydrogen) atoms. The van der Waals surface area contributed by atoms with Gasteiger partial charge in [-0.2, -0.15) is 11.8 Å².